The van der Waals surface area contributed by atoms with Gasteiger partial charge in [-0.1, -0.05) is 211 Å². The Morgan fingerprint density at radius 1 is 0.423 bits per heavy atom. The van der Waals surface area contributed by atoms with Gasteiger partial charge in [0.1, 0.15) is 5.82 Å². The molecule has 1 aliphatic rings. The molecule has 0 unspecified atom stereocenters. The van der Waals surface area contributed by atoms with Gasteiger partial charge in [0.25, 0.3) is 0 Å². The van der Waals surface area contributed by atoms with Crippen LogP contribution in [0.2, 0.25) is 0 Å². The van der Waals surface area contributed by atoms with Gasteiger partial charge in [0.15, 0.2) is 0 Å². The molecule has 0 radical (unpaired) electrons. The quantitative estimate of drug-likeness (QED) is 0.128. The van der Waals surface area contributed by atoms with Crippen molar-refractivity contribution in [3.63, 3.8) is 0 Å². The number of benzene rings is 8. The maximum absolute atomic E-state index is 7.14. The molecule has 10 aromatic rings. The molecular weight excluding hydrogens is 1130 g/mol. The van der Waals surface area contributed by atoms with Crippen LogP contribution >= 0.6 is 0 Å². The van der Waals surface area contributed by atoms with Gasteiger partial charge in [-0.3, -0.25) is 0 Å². The van der Waals surface area contributed by atoms with Crippen LogP contribution in [0, 0.1) is 18.8 Å². The van der Waals surface area contributed by atoms with Gasteiger partial charge in [-0.05, 0) is 114 Å². The van der Waals surface area contributed by atoms with E-state index in [4.69, 9.17) is 9.72 Å². The number of fused-ring (bicyclic) bond motifs is 4. The molecule has 0 fully saturated rings. The minimum absolute atomic E-state index is 0. The average molecular weight is 1200 g/mol. The first-order chi connectivity index (χ1) is 36.5. The third kappa shape index (κ3) is 10.2. The molecule has 0 amide bonds. The molecular formula is C72H71N4OPt-3. The van der Waals surface area contributed by atoms with Crippen molar-refractivity contribution in [3.05, 3.63) is 246 Å². The molecule has 0 bridgehead atoms. The minimum atomic E-state index is -0.407. The fourth-order valence-electron chi connectivity index (χ4n) is 10.9. The molecule has 0 saturated carbocycles. The van der Waals surface area contributed by atoms with E-state index < -0.39 is 5.41 Å². The van der Waals surface area contributed by atoms with Gasteiger partial charge in [0.2, 0.25) is 0 Å². The van der Waals surface area contributed by atoms with Crippen LogP contribution in [0.25, 0.3) is 38.8 Å². The number of pyridine rings is 1. The van der Waals surface area contributed by atoms with Gasteiger partial charge in [-0.15, -0.1) is 53.6 Å². The summed E-state index contributed by atoms with van der Waals surface area (Å²) in [4.78, 5) is 9.67. The number of nitrogens with zero attached hydrogens (tertiary/aromatic N) is 4. The minimum Gasteiger partial charge on any atom is -0.509 e. The predicted molar refractivity (Wildman–Crippen MR) is 323 cm³/mol. The molecule has 398 valence electrons. The van der Waals surface area contributed by atoms with Crippen LogP contribution in [-0.4, -0.2) is 9.55 Å². The van der Waals surface area contributed by atoms with Gasteiger partial charge in [-0.2, -0.15) is 6.07 Å². The summed E-state index contributed by atoms with van der Waals surface area (Å²) in [5.41, 5.74) is 16.0. The first-order valence-electron chi connectivity index (χ1n) is 27.2. The van der Waals surface area contributed by atoms with Gasteiger partial charge in [0, 0.05) is 66.8 Å². The topological polar surface area (TPSA) is 33.5 Å². The van der Waals surface area contributed by atoms with Crippen molar-refractivity contribution >= 4 is 44.6 Å². The molecule has 0 aliphatic carbocycles. The summed E-state index contributed by atoms with van der Waals surface area (Å²) in [5, 5.41) is 2.25. The van der Waals surface area contributed by atoms with E-state index in [0.717, 1.165) is 61.5 Å². The summed E-state index contributed by atoms with van der Waals surface area (Å²) in [6.07, 6.45) is 1.93. The second-order valence-electron chi connectivity index (χ2n) is 25.2. The Kier molecular flexibility index (Phi) is 14.0. The van der Waals surface area contributed by atoms with E-state index in [1.807, 2.05) is 6.20 Å². The maximum atomic E-state index is 7.14. The summed E-state index contributed by atoms with van der Waals surface area (Å²) in [6.45, 7) is 31.9. The van der Waals surface area contributed by atoms with Gasteiger partial charge in [0.05, 0.1) is 0 Å². The first kappa shape index (κ1) is 54.2. The molecule has 0 N–H and O–H groups in total. The van der Waals surface area contributed by atoms with Crippen molar-refractivity contribution in [1.29, 1.82) is 0 Å². The average Bonchev–Trinajstić information content (AvgIpc) is 4.19. The SMILES string of the molecule is CC(C)(C)c1ccnc(-n2c3[c-]c(Oc4[c-]c(N5[CH-]N(c6cc(-c7ccccc7)cc(C(C)(C)c7ccccc7)c6)c6ccc(C(C)(C)C)cc65)cc(C(C)(C)c5ccccc5)c4)ccc3c3cc(C(C)(C)C)ccc32)c1.[Pt]. The Hall–Kier alpha value is -7.20. The van der Waals surface area contributed by atoms with E-state index in [1.165, 1.54) is 38.9 Å². The number of hydrogen-bond acceptors (Lipinski definition) is 4. The maximum Gasteiger partial charge on any atom is 0.135 e. The summed E-state index contributed by atoms with van der Waals surface area (Å²) in [6, 6.07) is 73.9. The van der Waals surface area contributed by atoms with Crippen LogP contribution < -0.4 is 14.5 Å². The molecule has 6 heteroatoms. The Morgan fingerprint density at radius 3 is 1.63 bits per heavy atom. The molecule has 0 saturated heterocycles. The summed E-state index contributed by atoms with van der Waals surface area (Å²) in [7, 11) is 0. The van der Waals surface area contributed by atoms with Crippen molar-refractivity contribution in [3.8, 4) is 28.4 Å². The molecule has 1 aliphatic heterocycles. The van der Waals surface area contributed by atoms with Crippen molar-refractivity contribution in [1.82, 2.24) is 9.55 Å². The summed E-state index contributed by atoms with van der Waals surface area (Å²) in [5.74, 6) is 2.04. The number of hydrogen-bond donors (Lipinski definition) is 0. The third-order valence-electron chi connectivity index (χ3n) is 16.0. The van der Waals surface area contributed by atoms with Crippen LogP contribution in [0.1, 0.15) is 129 Å². The number of ether oxygens (including phenoxy) is 1. The van der Waals surface area contributed by atoms with Crippen LogP contribution in [0.5, 0.6) is 11.5 Å². The first-order valence-corrected chi connectivity index (χ1v) is 27.2. The van der Waals surface area contributed by atoms with Crippen molar-refractivity contribution < 1.29 is 25.8 Å². The normalized spacial score (nSPS) is 13.2. The molecule has 3 heterocycles. The molecule has 8 aromatic carbocycles. The Labute approximate surface area is 478 Å². The predicted octanol–water partition coefficient (Wildman–Crippen LogP) is 19.2. The van der Waals surface area contributed by atoms with Crippen LogP contribution in [0.3, 0.4) is 0 Å². The van der Waals surface area contributed by atoms with E-state index in [2.05, 4.69) is 305 Å². The van der Waals surface area contributed by atoms with E-state index in [9.17, 15) is 0 Å². The van der Waals surface area contributed by atoms with Gasteiger partial charge >= 0.3 is 0 Å². The number of anilines is 4. The Morgan fingerprint density at radius 2 is 1.00 bits per heavy atom. The van der Waals surface area contributed by atoms with E-state index in [-0.39, 0.29) is 42.7 Å². The number of aromatic nitrogens is 2. The van der Waals surface area contributed by atoms with Crippen LogP contribution in [0.4, 0.5) is 22.7 Å². The summed E-state index contributed by atoms with van der Waals surface area (Å²) >= 11 is 0. The van der Waals surface area contributed by atoms with Gasteiger partial charge in [-0.25, -0.2) is 4.98 Å². The monoisotopic (exact) mass is 1200 g/mol. The van der Waals surface area contributed by atoms with Crippen LogP contribution in [-0.2, 0) is 48.1 Å². The Bertz CT molecular complexity index is 3820. The summed E-state index contributed by atoms with van der Waals surface area (Å²) < 4.78 is 9.39. The second kappa shape index (κ2) is 20.2. The third-order valence-corrected chi connectivity index (χ3v) is 16.0. The molecule has 5 nitrogen and oxygen atoms in total. The van der Waals surface area contributed by atoms with Crippen molar-refractivity contribution in [2.45, 2.75) is 117 Å². The van der Waals surface area contributed by atoms with Crippen LogP contribution in [0.15, 0.2) is 188 Å². The zero-order chi connectivity index (χ0) is 54.2. The molecule has 0 spiro atoms. The van der Waals surface area contributed by atoms with Crippen molar-refractivity contribution in [2.75, 3.05) is 9.80 Å². The Balaban J connectivity index is 0.00000688. The molecule has 11 rings (SSSR count). The van der Waals surface area contributed by atoms with Gasteiger partial charge < -0.3 is 19.1 Å². The fourth-order valence-corrected chi connectivity index (χ4v) is 10.9. The molecule has 0 atom stereocenters. The fraction of sp³-hybridized carbons (Fsp3) is 0.250. The number of rotatable bonds is 10. The van der Waals surface area contributed by atoms with Crippen molar-refractivity contribution in [2.24, 2.45) is 0 Å². The van der Waals surface area contributed by atoms with E-state index in [1.54, 1.807) is 0 Å². The zero-order valence-corrected chi connectivity index (χ0v) is 49.8. The zero-order valence-electron chi connectivity index (χ0n) is 47.5. The largest absolute Gasteiger partial charge is 0.509 e. The van der Waals surface area contributed by atoms with E-state index >= 15 is 0 Å². The molecule has 78 heavy (non-hydrogen) atoms. The molecule has 2 aromatic heterocycles. The standard InChI is InChI=1S/C72H71N4O.Pt/c1-68(2,3)52-29-33-63-62(42-52)61-32-31-59(46-65(61)76(63)67-44-54(35-36-73-67)70(7,8)9)77-60-41-56(72(12,13)51-27-21-16-22-28-51)40-58(45-60)75-47-74(64-34-30-53(43-66(64)75)69(4,5)6)57-38-49(48-23-17-14-18-24-48)37-55(39-57)71(10,11)50-25-19-15-20-26-50;/h14-44,47H,1-13H3;/q-3;. The van der Waals surface area contributed by atoms with E-state index in [0.29, 0.717) is 11.5 Å². The second-order valence-corrected chi connectivity index (χ2v) is 25.2. The smallest absolute Gasteiger partial charge is 0.135 e.